The lowest BCUT2D eigenvalue weighted by Crippen LogP contribution is -2.23. The standard InChI is InChI=1S/C24H25N5O4S/c1-14-11-19(28-29(14)3)22(30)25-12-20-15(2)33-24(27-20)16-5-7-17(8-6-16)26-23(31)21-10-9-18(34-21)13-32-4/h5-11H,12-13H2,1-4H3,(H,25,30)(H,26,31). The van der Waals surface area contributed by atoms with Gasteiger partial charge in [-0.2, -0.15) is 5.10 Å². The van der Waals surface area contributed by atoms with Gasteiger partial charge in [-0.3, -0.25) is 14.3 Å². The first kappa shape index (κ1) is 23.4. The first-order chi connectivity index (χ1) is 16.3. The molecule has 3 aromatic heterocycles. The van der Waals surface area contributed by atoms with Crippen molar-refractivity contribution in [3.8, 4) is 11.5 Å². The van der Waals surface area contributed by atoms with E-state index in [1.165, 1.54) is 11.3 Å². The molecule has 0 fully saturated rings. The van der Waals surface area contributed by atoms with Crippen LogP contribution in [0.5, 0.6) is 0 Å². The number of nitrogens with zero attached hydrogens (tertiary/aromatic N) is 3. The van der Waals surface area contributed by atoms with Gasteiger partial charge in [-0.15, -0.1) is 11.3 Å². The lowest BCUT2D eigenvalue weighted by Gasteiger charge is -2.04. The third-order valence-electron chi connectivity index (χ3n) is 5.22. The number of ether oxygens (including phenoxy) is 1. The topological polar surface area (TPSA) is 111 Å². The number of rotatable bonds is 8. The summed E-state index contributed by atoms with van der Waals surface area (Å²) in [6.45, 7) is 4.40. The molecule has 9 nitrogen and oxygen atoms in total. The van der Waals surface area contributed by atoms with Crippen molar-refractivity contribution in [1.82, 2.24) is 20.1 Å². The number of aromatic nitrogens is 3. The average molecular weight is 480 g/mol. The first-order valence-corrected chi connectivity index (χ1v) is 11.4. The van der Waals surface area contributed by atoms with Crippen molar-refractivity contribution < 1.29 is 18.7 Å². The van der Waals surface area contributed by atoms with Crippen LogP contribution < -0.4 is 10.6 Å². The Morgan fingerprint density at radius 3 is 2.56 bits per heavy atom. The number of benzene rings is 1. The van der Waals surface area contributed by atoms with Crippen LogP contribution >= 0.6 is 11.3 Å². The molecule has 34 heavy (non-hydrogen) atoms. The zero-order valence-corrected chi connectivity index (χ0v) is 20.2. The molecule has 0 saturated carbocycles. The maximum Gasteiger partial charge on any atom is 0.272 e. The number of carbonyl (C=O) groups is 2. The average Bonchev–Trinajstić information content (AvgIpc) is 3.52. The van der Waals surface area contributed by atoms with Gasteiger partial charge in [-0.1, -0.05) is 0 Å². The Bertz CT molecular complexity index is 1300. The Morgan fingerprint density at radius 1 is 1.12 bits per heavy atom. The fraction of sp³-hybridized carbons (Fsp3) is 0.250. The summed E-state index contributed by atoms with van der Waals surface area (Å²) in [7, 11) is 3.41. The fourth-order valence-corrected chi connectivity index (χ4v) is 4.13. The van der Waals surface area contributed by atoms with Crippen LogP contribution in [0.4, 0.5) is 5.69 Å². The van der Waals surface area contributed by atoms with E-state index in [0.717, 1.165) is 16.1 Å². The van der Waals surface area contributed by atoms with Crippen molar-refractivity contribution in [2.24, 2.45) is 7.05 Å². The zero-order valence-electron chi connectivity index (χ0n) is 19.3. The summed E-state index contributed by atoms with van der Waals surface area (Å²) in [5.74, 6) is 0.617. The van der Waals surface area contributed by atoms with Gasteiger partial charge in [-0.25, -0.2) is 4.98 Å². The van der Waals surface area contributed by atoms with Crippen molar-refractivity contribution >= 4 is 28.8 Å². The van der Waals surface area contributed by atoms with E-state index in [1.54, 1.807) is 50.0 Å². The molecule has 0 spiro atoms. The molecule has 1 aromatic carbocycles. The van der Waals surface area contributed by atoms with Gasteiger partial charge in [0.2, 0.25) is 5.89 Å². The SMILES string of the molecule is COCc1ccc(C(=O)Nc2ccc(-c3nc(CNC(=O)c4cc(C)n(C)n4)c(C)o3)cc2)s1. The van der Waals surface area contributed by atoms with Crippen molar-refractivity contribution in [3.05, 3.63) is 75.1 Å². The predicted octanol–water partition coefficient (Wildman–Crippen LogP) is 4.08. The van der Waals surface area contributed by atoms with E-state index in [-0.39, 0.29) is 18.4 Å². The molecule has 10 heteroatoms. The fourth-order valence-electron chi connectivity index (χ4n) is 3.25. The molecule has 2 N–H and O–H groups in total. The van der Waals surface area contributed by atoms with Gasteiger partial charge >= 0.3 is 0 Å². The molecule has 4 rings (SSSR count). The van der Waals surface area contributed by atoms with Crippen LogP contribution in [0.25, 0.3) is 11.5 Å². The highest BCUT2D eigenvalue weighted by Gasteiger charge is 2.16. The molecule has 0 aliphatic heterocycles. The smallest absolute Gasteiger partial charge is 0.272 e. The molecule has 0 saturated heterocycles. The van der Waals surface area contributed by atoms with Crippen molar-refractivity contribution in [3.63, 3.8) is 0 Å². The monoisotopic (exact) mass is 479 g/mol. The van der Waals surface area contributed by atoms with E-state index in [9.17, 15) is 9.59 Å². The number of methoxy groups -OCH3 is 1. The highest BCUT2D eigenvalue weighted by atomic mass is 32.1. The first-order valence-electron chi connectivity index (χ1n) is 10.6. The summed E-state index contributed by atoms with van der Waals surface area (Å²) >= 11 is 1.40. The zero-order chi connectivity index (χ0) is 24.2. The molecule has 176 valence electrons. The Hall–Kier alpha value is -3.76. The third kappa shape index (κ3) is 5.24. The number of aryl methyl sites for hydroxylation is 3. The van der Waals surface area contributed by atoms with E-state index in [2.05, 4.69) is 20.7 Å². The van der Waals surface area contributed by atoms with Crippen LogP contribution in [0.2, 0.25) is 0 Å². The van der Waals surface area contributed by atoms with Crippen molar-refractivity contribution in [2.75, 3.05) is 12.4 Å². The van der Waals surface area contributed by atoms with Crippen LogP contribution in [-0.2, 0) is 24.9 Å². The number of anilines is 1. The van der Waals surface area contributed by atoms with Crippen LogP contribution in [0.1, 0.15) is 42.2 Å². The van der Waals surface area contributed by atoms with Gasteiger partial charge in [0.1, 0.15) is 17.1 Å². The summed E-state index contributed by atoms with van der Waals surface area (Å²) in [6.07, 6.45) is 0. The number of nitrogens with one attached hydrogen (secondary N) is 2. The highest BCUT2D eigenvalue weighted by molar-refractivity contribution is 7.14. The minimum Gasteiger partial charge on any atom is -0.441 e. The van der Waals surface area contributed by atoms with Gasteiger partial charge in [0.25, 0.3) is 11.8 Å². The van der Waals surface area contributed by atoms with Crippen molar-refractivity contribution in [1.29, 1.82) is 0 Å². The molecule has 0 aliphatic rings. The van der Waals surface area contributed by atoms with E-state index < -0.39 is 0 Å². The predicted molar refractivity (Wildman–Crippen MR) is 129 cm³/mol. The summed E-state index contributed by atoms with van der Waals surface area (Å²) < 4.78 is 12.5. The second kappa shape index (κ2) is 10.0. The van der Waals surface area contributed by atoms with E-state index in [4.69, 9.17) is 9.15 Å². The number of thiophene rings is 1. The van der Waals surface area contributed by atoms with E-state index in [0.29, 0.717) is 40.2 Å². The normalized spacial score (nSPS) is 10.9. The molecule has 2 amide bonds. The lowest BCUT2D eigenvalue weighted by molar-refractivity contribution is 0.0944. The van der Waals surface area contributed by atoms with Gasteiger partial charge in [0.15, 0.2) is 0 Å². The quantitative estimate of drug-likeness (QED) is 0.394. The van der Waals surface area contributed by atoms with Gasteiger partial charge in [0.05, 0.1) is 18.0 Å². The second-order valence-electron chi connectivity index (χ2n) is 7.73. The van der Waals surface area contributed by atoms with E-state index >= 15 is 0 Å². The minimum absolute atomic E-state index is 0.173. The van der Waals surface area contributed by atoms with Gasteiger partial charge < -0.3 is 19.8 Å². The molecule has 0 aliphatic carbocycles. The second-order valence-corrected chi connectivity index (χ2v) is 8.90. The highest BCUT2D eigenvalue weighted by Crippen LogP contribution is 2.24. The van der Waals surface area contributed by atoms with Crippen LogP contribution in [0.3, 0.4) is 0 Å². The van der Waals surface area contributed by atoms with Crippen molar-refractivity contribution in [2.45, 2.75) is 27.0 Å². The molecular weight excluding hydrogens is 454 g/mol. The van der Waals surface area contributed by atoms with Crippen LogP contribution in [0, 0.1) is 13.8 Å². The van der Waals surface area contributed by atoms with Gasteiger partial charge in [-0.05, 0) is 56.3 Å². The Morgan fingerprint density at radius 2 is 1.88 bits per heavy atom. The summed E-state index contributed by atoms with van der Waals surface area (Å²) in [5, 5.41) is 9.89. The molecule has 0 bridgehead atoms. The maximum absolute atomic E-state index is 12.5. The van der Waals surface area contributed by atoms with Crippen LogP contribution in [0.15, 0.2) is 46.9 Å². The molecule has 4 aromatic rings. The Kier molecular flexibility index (Phi) is 6.90. The number of carbonyl (C=O) groups excluding carboxylic acids is 2. The third-order valence-corrected chi connectivity index (χ3v) is 6.27. The van der Waals surface area contributed by atoms with Gasteiger partial charge in [0, 0.05) is 36.0 Å². The number of amides is 2. The summed E-state index contributed by atoms with van der Waals surface area (Å²) in [4.78, 5) is 30.9. The molecular formula is C24H25N5O4S. The lowest BCUT2D eigenvalue weighted by atomic mass is 10.2. The molecule has 0 unspecified atom stereocenters. The molecule has 0 atom stereocenters. The summed E-state index contributed by atoms with van der Waals surface area (Å²) in [6, 6.07) is 12.6. The Balaban J connectivity index is 1.38. The summed E-state index contributed by atoms with van der Waals surface area (Å²) in [5.41, 5.74) is 3.32. The largest absolute Gasteiger partial charge is 0.441 e. The molecule has 3 heterocycles. The minimum atomic E-state index is -0.271. The van der Waals surface area contributed by atoms with Crippen LogP contribution in [-0.4, -0.2) is 33.7 Å². The molecule has 0 radical (unpaired) electrons. The maximum atomic E-state index is 12.5. The Labute approximate surface area is 200 Å². The number of oxazole rings is 1. The van der Waals surface area contributed by atoms with E-state index in [1.807, 2.05) is 25.1 Å². The number of hydrogen-bond acceptors (Lipinski definition) is 7. The number of hydrogen-bond donors (Lipinski definition) is 2.